The average Bonchev–Trinajstić information content (AvgIpc) is 3.49. The van der Waals surface area contributed by atoms with E-state index in [1.807, 2.05) is 0 Å². The lowest BCUT2D eigenvalue weighted by molar-refractivity contribution is 0.0438. The first-order chi connectivity index (χ1) is 16.1. The molecule has 34 heavy (non-hydrogen) atoms. The minimum atomic E-state index is -0.707. The van der Waals surface area contributed by atoms with E-state index in [1.54, 1.807) is 25.3 Å². The third-order valence-electron chi connectivity index (χ3n) is 6.46. The number of carbonyl (C=O) groups excluding carboxylic acids is 1. The van der Waals surface area contributed by atoms with E-state index in [-0.39, 0.29) is 45.9 Å². The van der Waals surface area contributed by atoms with Crippen molar-refractivity contribution in [3.05, 3.63) is 50.4 Å². The van der Waals surface area contributed by atoms with Crippen LogP contribution in [0.2, 0.25) is 0 Å². The number of hydrogen-bond donors (Lipinski definition) is 0. The van der Waals surface area contributed by atoms with E-state index in [0.29, 0.717) is 11.8 Å². The van der Waals surface area contributed by atoms with E-state index in [4.69, 9.17) is 13.6 Å². The highest BCUT2D eigenvalue weighted by molar-refractivity contribution is 7.15. The summed E-state index contributed by atoms with van der Waals surface area (Å²) in [6, 6.07) is 2.14. The molecule has 0 saturated carbocycles. The van der Waals surface area contributed by atoms with Crippen molar-refractivity contribution in [1.82, 2.24) is 19.7 Å². The molecule has 1 aliphatic rings. The number of nitrogens with zero attached hydrogens (tertiary/aromatic N) is 4. The van der Waals surface area contributed by atoms with E-state index in [0.717, 1.165) is 17.7 Å². The highest BCUT2D eigenvalue weighted by Gasteiger charge is 2.30. The minimum Gasteiger partial charge on any atom is -0.452 e. The third kappa shape index (κ3) is 3.96. The summed E-state index contributed by atoms with van der Waals surface area (Å²) >= 11 is 1.68. The maximum Gasteiger partial charge on any atom is 0.343 e. The van der Waals surface area contributed by atoms with Gasteiger partial charge < -0.3 is 18.1 Å². The molecule has 0 radical (unpaired) electrons. The number of carbonyl (C=O) groups is 1. The number of hydrogen-bond acceptors (Lipinski definition) is 9. The van der Waals surface area contributed by atoms with Gasteiger partial charge in [-0.25, -0.2) is 9.78 Å². The third-order valence-corrected chi connectivity index (χ3v) is 7.69. The number of aryl methyl sites for hydroxylation is 3. The highest BCUT2D eigenvalue weighted by Crippen LogP contribution is 2.42. The molecule has 4 aromatic rings. The Labute approximate surface area is 199 Å². The Morgan fingerprint density at radius 2 is 2.09 bits per heavy atom. The lowest BCUT2D eigenvalue weighted by Crippen LogP contribution is -2.26. The van der Waals surface area contributed by atoms with Gasteiger partial charge in [-0.15, -0.1) is 21.5 Å². The summed E-state index contributed by atoms with van der Waals surface area (Å²) < 4.78 is 17.9. The fourth-order valence-corrected chi connectivity index (χ4v) is 5.54. The fourth-order valence-electron chi connectivity index (χ4n) is 4.41. The van der Waals surface area contributed by atoms with Crippen molar-refractivity contribution in [3.63, 3.8) is 0 Å². The largest absolute Gasteiger partial charge is 0.452 e. The van der Waals surface area contributed by atoms with Crippen LogP contribution in [0.25, 0.3) is 21.9 Å². The molecule has 0 spiro atoms. The van der Waals surface area contributed by atoms with Crippen LogP contribution in [0.3, 0.4) is 0 Å². The lowest BCUT2D eigenvalue weighted by Gasteiger charge is -2.33. The normalized spacial score (nSPS) is 16.1. The summed E-state index contributed by atoms with van der Waals surface area (Å²) in [7, 11) is 1.55. The summed E-state index contributed by atoms with van der Waals surface area (Å²) in [4.78, 5) is 31.6. The van der Waals surface area contributed by atoms with E-state index in [2.05, 4.69) is 42.0 Å². The Morgan fingerprint density at radius 1 is 1.29 bits per heavy atom. The summed E-state index contributed by atoms with van der Waals surface area (Å²) in [6.07, 6.45) is 4.64. The van der Waals surface area contributed by atoms with Crippen molar-refractivity contribution in [1.29, 1.82) is 0 Å². The van der Waals surface area contributed by atoms with Crippen LogP contribution in [0, 0.1) is 18.3 Å². The van der Waals surface area contributed by atoms with Crippen molar-refractivity contribution in [2.24, 2.45) is 18.4 Å². The van der Waals surface area contributed by atoms with E-state index in [9.17, 15) is 9.59 Å². The number of fused-ring (bicyclic) bond motifs is 2. The Balaban J connectivity index is 1.31. The monoisotopic (exact) mass is 482 g/mol. The lowest BCUT2D eigenvalue weighted by atomic mass is 9.72. The zero-order chi connectivity index (χ0) is 24.2. The fraction of sp³-hybridized carbons (Fsp3) is 0.458. The van der Waals surface area contributed by atoms with Crippen LogP contribution >= 0.6 is 11.3 Å². The van der Waals surface area contributed by atoms with Crippen LogP contribution in [0.5, 0.6) is 0 Å². The van der Waals surface area contributed by atoms with Gasteiger partial charge in [0.15, 0.2) is 6.61 Å². The van der Waals surface area contributed by atoms with Gasteiger partial charge in [-0.3, -0.25) is 4.79 Å². The zero-order valence-electron chi connectivity index (χ0n) is 19.8. The van der Waals surface area contributed by atoms with Crippen molar-refractivity contribution in [2.75, 3.05) is 0 Å². The van der Waals surface area contributed by atoms with Crippen molar-refractivity contribution in [3.8, 4) is 10.8 Å². The molecule has 4 heterocycles. The summed E-state index contributed by atoms with van der Waals surface area (Å²) in [6.45, 7) is 8.26. The Kier molecular flexibility index (Phi) is 5.43. The Morgan fingerprint density at radius 3 is 2.85 bits per heavy atom. The molecule has 0 bridgehead atoms. The predicted octanol–water partition coefficient (Wildman–Crippen LogP) is 4.45. The molecule has 1 aliphatic carbocycles. The van der Waals surface area contributed by atoms with Crippen molar-refractivity contribution < 1.29 is 18.4 Å². The van der Waals surface area contributed by atoms with Crippen LogP contribution in [0.15, 0.2) is 26.0 Å². The van der Waals surface area contributed by atoms with Gasteiger partial charge in [-0.1, -0.05) is 20.8 Å². The van der Waals surface area contributed by atoms with Crippen molar-refractivity contribution in [2.45, 2.75) is 53.6 Å². The second kappa shape index (κ2) is 8.19. The molecule has 0 N–H and O–H groups in total. The Hall–Kier alpha value is -3.27. The Bertz CT molecular complexity index is 1450. The van der Waals surface area contributed by atoms with Gasteiger partial charge in [-0.05, 0) is 49.1 Å². The summed E-state index contributed by atoms with van der Waals surface area (Å²) in [5.74, 6) is 0.801. The van der Waals surface area contributed by atoms with Crippen LogP contribution in [-0.2, 0) is 31.2 Å². The van der Waals surface area contributed by atoms with E-state index < -0.39 is 5.97 Å². The van der Waals surface area contributed by atoms with Gasteiger partial charge in [0.05, 0.1) is 4.88 Å². The smallest absolute Gasteiger partial charge is 0.343 e. The SMILES string of the molecule is Cc1oc2ncn(C)c(=O)c2c1C(=O)OCc1nnc(-c2cc3c(s2)CC[C@H](C(C)(C)C)C3)o1. The van der Waals surface area contributed by atoms with Crippen LogP contribution in [0.1, 0.15) is 59.6 Å². The molecule has 178 valence electrons. The van der Waals surface area contributed by atoms with Gasteiger partial charge in [0.2, 0.25) is 5.71 Å². The molecule has 10 heteroatoms. The molecule has 4 aromatic heterocycles. The molecule has 0 fully saturated rings. The topological polar surface area (TPSA) is 113 Å². The summed E-state index contributed by atoms with van der Waals surface area (Å²) in [5.41, 5.74) is 1.41. The predicted molar refractivity (Wildman–Crippen MR) is 126 cm³/mol. The highest BCUT2D eigenvalue weighted by atomic mass is 32.1. The molecule has 9 nitrogen and oxygen atoms in total. The number of furan rings is 1. The molecular weight excluding hydrogens is 456 g/mol. The second-order valence-electron chi connectivity index (χ2n) is 9.82. The van der Waals surface area contributed by atoms with Gasteiger partial charge in [0, 0.05) is 11.9 Å². The first kappa shape index (κ1) is 22.5. The summed E-state index contributed by atoms with van der Waals surface area (Å²) in [5, 5.41) is 8.28. The van der Waals surface area contributed by atoms with Crippen LogP contribution in [-0.4, -0.2) is 25.7 Å². The maximum absolute atomic E-state index is 12.8. The average molecular weight is 483 g/mol. The molecule has 0 aromatic carbocycles. The number of rotatable bonds is 4. The van der Waals surface area contributed by atoms with Crippen LogP contribution < -0.4 is 5.56 Å². The van der Waals surface area contributed by atoms with E-state index in [1.165, 1.54) is 27.8 Å². The standard InChI is InChI=1S/C24H26N4O5S/c1-12-18(19-21(32-12)25-11-28(5)22(19)29)23(30)31-10-17-26-27-20(33-17)16-9-13-8-14(24(2,3)4)6-7-15(13)34-16/h9,11,14H,6-8,10H2,1-5H3/t14-/m0/s1. The molecule has 1 atom stereocenters. The number of aromatic nitrogens is 4. The molecule has 0 saturated heterocycles. The quantitative estimate of drug-likeness (QED) is 0.392. The number of ether oxygens (including phenoxy) is 1. The van der Waals surface area contributed by atoms with Gasteiger partial charge in [0.1, 0.15) is 23.0 Å². The molecule has 0 amide bonds. The van der Waals surface area contributed by atoms with Crippen LogP contribution in [0.4, 0.5) is 0 Å². The molecule has 0 unspecified atom stereocenters. The number of esters is 1. The second-order valence-corrected chi connectivity index (χ2v) is 11.0. The first-order valence-electron chi connectivity index (χ1n) is 11.2. The van der Waals surface area contributed by atoms with Gasteiger partial charge in [0.25, 0.3) is 17.3 Å². The maximum atomic E-state index is 12.8. The minimum absolute atomic E-state index is 0.0581. The van der Waals surface area contributed by atoms with Gasteiger partial charge >= 0.3 is 5.97 Å². The first-order valence-corrected chi connectivity index (χ1v) is 12.0. The zero-order valence-corrected chi connectivity index (χ0v) is 20.6. The van der Waals surface area contributed by atoms with Gasteiger partial charge in [-0.2, -0.15) is 0 Å². The van der Waals surface area contributed by atoms with Crippen molar-refractivity contribution >= 4 is 28.4 Å². The molecular formula is C24H26N4O5S. The number of thiophene rings is 1. The van der Waals surface area contributed by atoms with E-state index >= 15 is 0 Å². The molecule has 5 rings (SSSR count). The molecule has 0 aliphatic heterocycles.